The average molecular weight is 348 g/mol. The minimum atomic E-state index is 0.646. The van der Waals surface area contributed by atoms with Crippen LogP contribution in [0.15, 0.2) is 24.4 Å². The molecule has 0 fully saturated rings. The molecule has 16 heavy (non-hydrogen) atoms. The van der Waals surface area contributed by atoms with Gasteiger partial charge in [-0.1, -0.05) is 40.3 Å². The first-order valence-electron chi connectivity index (χ1n) is 5.06. The van der Waals surface area contributed by atoms with Crippen LogP contribution in [-0.2, 0) is 6.54 Å². The zero-order chi connectivity index (χ0) is 11.5. The smallest absolute Gasteiger partial charge is 0.152 e. The lowest BCUT2D eigenvalue weighted by Gasteiger charge is -2.03. The van der Waals surface area contributed by atoms with Crippen molar-refractivity contribution in [2.24, 2.45) is 0 Å². The van der Waals surface area contributed by atoms with E-state index in [4.69, 9.17) is 11.6 Å². The number of alkyl halides is 1. The minimum absolute atomic E-state index is 0.646. The molecule has 0 unspecified atom stereocenters. The first kappa shape index (κ1) is 11.9. The first-order valence-corrected chi connectivity index (χ1v) is 6.96. The number of benzene rings is 1. The summed E-state index contributed by atoms with van der Waals surface area (Å²) in [5.74, 6) is 0. The summed E-state index contributed by atoms with van der Waals surface area (Å²) in [5.41, 5.74) is 1.72. The quantitative estimate of drug-likeness (QED) is 0.466. The Labute approximate surface area is 113 Å². The van der Waals surface area contributed by atoms with Crippen LogP contribution in [-0.4, -0.2) is 15.3 Å². The molecular weight excluding hydrogens is 336 g/mol. The third kappa shape index (κ3) is 2.11. The molecule has 2 aromatic rings. The molecule has 0 saturated heterocycles. The Hall–Kier alpha value is -0.550. The fraction of sp³-hybridized carbons (Fsp3) is 0.250. The lowest BCUT2D eigenvalue weighted by atomic mass is 10.2. The molecule has 0 aliphatic carbocycles. The summed E-state index contributed by atoms with van der Waals surface area (Å²) in [6.07, 6.45) is 3.85. The van der Waals surface area contributed by atoms with Gasteiger partial charge in [-0.2, -0.15) is 0 Å². The summed E-state index contributed by atoms with van der Waals surface area (Å²) in [4.78, 5) is 11.0. The number of carbonyl (C=O) groups excluding carboxylic acids is 1. The average Bonchev–Trinajstić information content (AvgIpc) is 2.66. The summed E-state index contributed by atoms with van der Waals surface area (Å²) in [6.45, 7) is 0.924. The number of hydrogen-bond donors (Lipinski definition) is 0. The molecule has 1 heterocycles. The van der Waals surface area contributed by atoms with Crippen molar-refractivity contribution >= 4 is 51.4 Å². The van der Waals surface area contributed by atoms with E-state index in [1.54, 1.807) is 0 Å². The monoisotopic (exact) mass is 347 g/mol. The molecule has 0 bridgehead atoms. The molecule has 1 aromatic heterocycles. The Balaban J connectivity index is 2.59. The fourth-order valence-corrected chi connectivity index (χ4v) is 2.46. The molecule has 0 radical (unpaired) electrons. The maximum atomic E-state index is 11.0. The van der Waals surface area contributed by atoms with Crippen molar-refractivity contribution in [3.05, 3.63) is 35.0 Å². The van der Waals surface area contributed by atoms with E-state index < -0.39 is 0 Å². The van der Waals surface area contributed by atoms with E-state index in [0.29, 0.717) is 10.6 Å². The molecule has 0 aliphatic heterocycles. The van der Waals surface area contributed by atoms with Crippen molar-refractivity contribution < 1.29 is 4.79 Å². The van der Waals surface area contributed by atoms with Gasteiger partial charge in [0.2, 0.25) is 0 Å². The fourth-order valence-electron chi connectivity index (χ4n) is 1.84. The highest BCUT2D eigenvalue weighted by molar-refractivity contribution is 14.1. The van der Waals surface area contributed by atoms with E-state index in [9.17, 15) is 4.79 Å². The van der Waals surface area contributed by atoms with Gasteiger partial charge in [-0.05, 0) is 18.6 Å². The van der Waals surface area contributed by atoms with Gasteiger partial charge in [0.25, 0.3) is 0 Å². The van der Waals surface area contributed by atoms with Crippen LogP contribution in [0.3, 0.4) is 0 Å². The van der Waals surface area contributed by atoms with Crippen LogP contribution in [0.5, 0.6) is 0 Å². The lowest BCUT2D eigenvalue weighted by molar-refractivity contribution is 0.112. The largest absolute Gasteiger partial charge is 0.347 e. The maximum Gasteiger partial charge on any atom is 0.152 e. The standard InChI is InChI=1S/C12H11ClINO/c13-10-3-1-4-11-12(10)9(8-16)7-15(11)6-2-5-14/h1,3-4,7-8H,2,5-6H2. The number of aromatic nitrogens is 1. The molecule has 1 aromatic carbocycles. The highest BCUT2D eigenvalue weighted by Crippen LogP contribution is 2.27. The van der Waals surface area contributed by atoms with Gasteiger partial charge in [0, 0.05) is 28.1 Å². The predicted octanol–water partition coefficient (Wildman–Crippen LogP) is 3.93. The van der Waals surface area contributed by atoms with Gasteiger partial charge in [-0.25, -0.2) is 0 Å². The number of carbonyl (C=O) groups is 1. The van der Waals surface area contributed by atoms with Gasteiger partial charge in [-0.3, -0.25) is 4.79 Å². The van der Waals surface area contributed by atoms with E-state index in [2.05, 4.69) is 27.2 Å². The molecular formula is C12H11ClINO. The van der Waals surface area contributed by atoms with Crippen LogP contribution >= 0.6 is 34.2 Å². The van der Waals surface area contributed by atoms with E-state index in [-0.39, 0.29) is 0 Å². The SMILES string of the molecule is O=Cc1cn(CCCI)c2cccc(Cl)c12. The van der Waals surface area contributed by atoms with Gasteiger partial charge < -0.3 is 4.57 Å². The molecule has 0 amide bonds. The van der Waals surface area contributed by atoms with Gasteiger partial charge in [-0.15, -0.1) is 0 Å². The third-order valence-electron chi connectivity index (χ3n) is 2.54. The summed E-state index contributed by atoms with van der Waals surface area (Å²) in [5, 5.41) is 1.51. The zero-order valence-electron chi connectivity index (χ0n) is 8.62. The molecule has 0 atom stereocenters. The van der Waals surface area contributed by atoms with Gasteiger partial charge in [0.05, 0.1) is 10.5 Å². The first-order chi connectivity index (χ1) is 7.77. The van der Waals surface area contributed by atoms with Crippen LogP contribution in [0, 0.1) is 0 Å². The second-order valence-corrected chi connectivity index (χ2v) is 5.06. The van der Waals surface area contributed by atoms with Crippen LogP contribution in [0.4, 0.5) is 0 Å². The van der Waals surface area contributed by atoms with Gasteiger partial charge >= 0.3 is 0 Å². The molecule has 2 nitrogen and oxygen atoms in total. The molecule has 0 aliphatic rings. The van der Waals surface area contributed by atoms with E-state index in [1.807, 2.05) is 24.4 Å². The molecule has 2 rings (SSSR count). The number of rotatable bonds is 4. The third-order valence-corrected chi connectivity index (χ3v) is 3.62. The van der Waals surface area contributed by atoms with E-state index >= 15 is 0 Å². The highest BCUT2D eigenvalue weighted by atomic mass is 127. The molecule has 0 spiro atoms. The number of aryl methyl sites for hydroxylation is 1. The Morgan fingerprint density at radius 1 is 1.44 bits per heavy atom. The number of halogens is 2. The van der Waals surface area contributed by atoms with Gasteiger partial charge in [0.15, 0.2) is 6.29 Å². The number of fused-ring (bicyclic) bond motifs is 1. The summed E-state index contributed by atoms with van der Waals surface area (Å²) in [6, 6.07) is 5.74. The molecule has 84 valence electrons. The van der Waals surface area contributed by atoms with Crippen molar-refractivity contribution in [3.8, 4) is 0 Å². The maximum absolute atomic E-state index is 11.0. The van der Waals surface area contributed by atoms with Crippen molar-refractivity contribution in [2.45, 2.75) is 13.0 Å². The Bertz CT molecular complexity index is 521. The molecule has 0 saturated carbocycles. The summed E-state index contributed by atoms with van der Waals surface area (Å²) >= 11 is 8.47. The van der Waals surface area contributed by atoms with Crippen molar-refractivity contribution in [3.63, 3.8) is 0 Å². The van der Waals surface area contributed by atoms with Gasteiger partial charge in [0.1, 0.15) is 0 Å². The predicted molar refractivity (Wildman–Crippen MR) is 75.8 cm³/mol. The number of nitrogens with zero attached hydrogens (tertiary/aromatic N) is 1. The normalized spacial score (nSPS) is 10.9. The minimum Gasteiger partial charge on any atom is -0.347 e. The van der Waals surface area contributed by atoms with Crippen molar-refractivity contribution in [1.29, 1.82) is 0 Å². The van der Waals surface area contributed by atoms with E-state index in [0.717, 1.165) is 34.6 Å². The Kier molecular flexibility index (Phi) is 3.86. The Morgan fingerprint density at radius 2 is 2.25 bits per heavy atom. The Morgan fingerprint density at radius 3 is 2.94 bits per heavy atom. The second kappa shape index (κ2) is 5.19. The van der Waals surface area contributed by atoms with Crippen LogP contribution in [0.2, 0.25) is 5.02 Å². The summed E-state index contributed by atoms with van der Waals surface area (Å²) in [7, 11) is 0. The van der Waals surface area contributed by atoms with Crippen molar-refractivity contribution in [2.75, 3.05) is 4.43 Å². The van der Waals surface area contributed by atoms with Crippen LogP contribution in [0.1, 0.15) is 16.8 Å². The van der Waals surface area contributed by atoms with Crippen molar-refractivity contribution in [1.82, 2.24) is 4.57 Å². The lowest BCUT2D eigenvalue weighted by Crippen LogP contribution is -1.96. The topological polar surface area (TPSA) is 22.0 Å². The number of hydrogen-bond acceptors (Lipinski definition) is 1. The number of aldehydes is 1. The highest BCUT2D eigenvalue weighted by Gasteiger charge is 2.10. The summed E-state index contributed by atoms with van der Waals surface area (Å²) < 4.78 is 3.21. The second-order valence-electron chi connectivity index (χ2n) is 3.57. The van der Waals surface area contributed by atoms with E-state index in [1.165, 1.54) is 0 Å². The molecule has 4 heteroatoms. The zero-order valence-corrected chi connectivity index (χ0v) is 11.5. The molecule has 0 N–H and O–H groups in total. The van der Waals surface area contributed by atoms with Crippen LogP contribution < -0.4 is 0 Å². The van der Waals surface area contributed by atoms with Crippen LogP contribution in [0.25, 0.3) is 10.9 Å².